The number of hydrogen-bond donors (Lipinski definition) is 0. The molecule has 0 atom stereocenters. The first-order valence-corrected chi connectivity index (χ1v) is 8.01. The monoisotopic (exact) mass is 350 g/mol. The first-order chi connectivity index (χ1) is 11.0. The van der Waals surface area contributed by atoms with Crippen molar-refractivity contribution in [3.8, 4) is 5.88 Å². The molecule has 0 aliphatic heterocycles. The third kappa shape index (κ3) is 5.42. The van der Waals surface area contributed by atoms with Crippen LogP contribution in [0.3, 0.4) is 0 Å². The van der Waals surface area contributed by atoms with Crippen molar-refractivity contribution < 1.29 is 27.4 Å². The van der Waals surface area contributed by atoms with Gasteiger partial charge in [-0.2, -0.15) is 17.9 Å². The van der Waals surface area contributed by atoms with Gasteiger partial charge in [-0.3, -0.25) is 0 Å². The van der Waals surface area contributed by atoms with E-state index in [1.165, 1.54) is 12.3 Å². The van der Waals surface area contributed by atoms with Crippen molar-refractivity contribution in [3.63, 3.8) is 0 Å². The van der Waals surface area contributed by atoms with Gasteiger partial charge in [0.15, 0.2) is 0 Å². The van der Waals surface area contributed by atoms with E-state index in [-0.39, 0.29) is 31.7 Å². The summed E-state index contributed by atoms with van der Waals surface area (Å²) in [6.07, 6.45) is -3.32. The van der Waals surface area contributed by atoms with Crippen LogP contribution in [0.4, 0.5) is 18.0 Å². The highest BCUT2D eigenvalue weighted by molar-refractivity contribution is 5.69. The number of aromatic nitrogens is 2. The Morgan fingerprint density at radius 2 is 1.88 bits per heavy atom. The smallest absolute Gasteiger partial charge is 0.435 e. The molecule has 1 aromatic heterocycles. The maximum Gasteiger partial charge on any atom is 0.435 e. The van der Waals surface area contributed by atoms with Gasteiger partial charge in [-0.15, -0.1) is 5.10 Å². The summed E-state index contributed by atoms with van der Waals surface area (Å²) in [4.78, 5) is 11.7. The Labute approximate surface area is 140 Å². The predicted molar refractivity (Wildman–Crippen MR) is 83.0 cm³/mol. The molecule has 0 spiro atoms. The molecule has 0 amide bonds. The molecule has 138 valence electrons. The van der Waals surface area contributed by atoms with Crippen LogP contribution in [-0.2, 0) is 4.74 Å². The molecule has 0 N–H and O–H groups in total. The van der Waals surface area contributed by atoms with Gasteiger partial charge < -0.3 is 9.47 Å². The van der Waals surface area contributed by atoms with Gasteiger partial charge in [0.1, 0.15) is 5.60 Å². The molecule has 0 aromatic carbocycles. The van der Waals surface area contributed by atoms with Crippen LogP contribution >= 0.6 is 0 Å². The zero-order valence-electron chi connectivity index (χ0n) is 14.7. The molecule has 0 bridgehead atoms. The van der Waals surface area contributed by atoms with E-state index in [0.717, 1.165) is 4.68 Å². The highest BCUT2D eigenvalue weighted by Crippen LogP contribution is 2.59. The molecular formula is C16H25F3N2O3. The highest BCUT2D eigenvalue weighted by atomic mass is 19.4. The SMILES string of the molecule is CC.CC(C)(C)OC(=O)n1ccc(OCCC2(C(F)(F)F)CC2)n1. The maximum absolute atomic E-state index is 12.8. The number of rotatable bonds is 4. The van der Waals surface area contributed by atoms with Crippen LogP contribution in [0.25, 0.3) is 0 Å². The number of carbonyl (C=O) groups excluding carboxylic acids is 1. The zero-order chi connectivity index (χ0) is 18.6. The molecule has 1 aliphatic carbocycles. The minimum Gasteiger partial charge on any atom is -0.477 e. The minimum absolute atomic E-state index is 0.0924. The molecule has 1 saturated carbocycles. The third-order valence-electron chi connectivity index (χ3n) is 3.43. The van der Waals surface area contributed by atoms with Crippen molar-refractivity contribution in [3.05, 3.63) is 12.3 Å². The van der Waals surface area contributed by atoms with Crippen molar-refractivity contribution in [1.82, 2.24) is 9.78 Å². The second-order valence-electron chi connectivity index (χ2n) is 6.46. The van der Waals surface area contributed by atoms with Crippen LogP contribution in [0.1, 0.15) is 53.9 Å². The van der Waals surface area contributed by atoms with E-state index >= 15 is 0 Å². The van der Waals surface area contributed by atoms with Gasteiger partial charge in [0.05, 0.1) is 12.0 Å². The lowest BCUT2D eigenvalue weighted by Crippen LogP contribution is -2.27. The predicted octanol–water partition coefficient (Wildman–Crippen LogP) is 4.80. The molecule has 1 heterocycles. The van der Waals surface area contributed by atoms with E-state index in [2.05, 4.69) is 5.10 Å². The fraction of sp³-hybridized carbons (Fsp3) is 0.750. The lowest BCUT2D eigenvalue weighted by Gasteiger charge is -2.19. The fourth-order valence-electron chi connectivity index (χ4n) is 1.97. The van der Waals surface area contributed by atoms with Crippen LogP contribution in [0.2, 0.25) is 0 Å². The molecule has 1 aliphatic rings. The van der Waals surface area contributed by atoms with Crippen LogP contribution in [0, 0.1) is 5.41 Å². The standard InChI is InChI=1S/C14H19F3N2O3.C2H6/c1-12(2,3)22-11(20)19-8-4-10(18-19)21-9-7-13(5-6-13)14(15,16)17;1-2/h4,8H,5-7,9H2,1-3H3;1-2H3. The van der Waals surface area contributed by atoms with Crippen LogP contribution in [-0.4, -0.2) is 34.3 Å². The Bertz CT molecular complexity index is 543. The maximum atomic E-state index is 12.8. The largest absolute Gasteiger partial charge is 0.477 e. The van der Waals surface area contributed by atoms with Crippen molar-refractivity contribution in [1.29, 1.82) is 0 Å². The van der Waals surface area contributed by atoms with Gasteiger partial charge >= 0.3 is 12.3 Å². The lowest BCUT2D eigenvalue weighted by molar-refractivity contribution is -0.190. The second kappa shape index (κ2) is 7.44. The van der Waals surface area contributed by atoms with E-state index in [1.54, 1.807) is 20.8 Å². The van der Waals surface area contributed by atoms with Crippen LogP contribution < -0.4 is 4.74 Å². The van der Waals surface area contributed by atoms with E-state index in [9.17, 15) is 18.0 Å². The highest BCUT2D eigenvalue weighted by Gasteiger charge is 2.62. The summed E-state index contributed by atoms with van der Waals surface area (Å²) in [7, 11) is 0. The van der Waals surface area contributed by atoms with Gasteiger partial charge in [0.2, 0.25) is 5.88 Å². The summed E-state index contributed by atoms with van der Waals surface area (Å²) >= 11 is 0. The molecule has 1 fully saturated rings. The summed E-state index contributed by atoms with van der Waals surface area (Å²) in [5.41, 5.74) is -2.25. The Kier molecular flexibility index (Phi) is 6.30. The minimum atomic E-state index is -4.19. The number of hydrogen-bond acceptors (Lipinski definition) is 4. The normalized spacial score (nSPS) is 16.0. The summed E-state index contributed by atoms with van der Waals surface area (Å²) in [6, 6.07) is 1.41. The summed E-state index contributed by atoms with van der Waals surface area (Å²) < 4.78 is 49.5. The van der Waals surface area contributed by atoms with Gasteiger partial charge in [-0.1, -0.05) is 13.8 Å². The molecule has 24 heavy (non-hydrogen) atoms. The van der Waals surface area contributed by atoms with E-state index < -0.39 is 23.3 Å². The molecule has 2 rings (SSSR count). The molecule has 0 saturated heterocycles. The Balaban J connectivity index is 0.00000139. The fourth-order valence-corrected chi connectivity index (χ4v) is 1.97. The quantitative estimate of drug-likeness (QED) is 0.782. The first-order valence-electron chi connectivity index (χ1n) is 8.01. The van der Waals surface area contributed by atoms with E-state index in [4.69, 9.17) is 9.47 Å². The average molecular weight is 350 g/mol. The van der Waals surface area contributed by atoms with E-state index in [0.29, 0.717) is 0 Å². The van der Waals surface area contributed by atoms with Crippen molar-refractivity contribution in [2.75, 3.05) is 6.61 Å². The molecule has 0 unspecified atom stereocenters. The number of carbonyl (C=O) groups is 1. The number of ether oxygens (including phenoxy) is 2. The average Bonchev–Trinajstić information content (AvgIpc) is 3.10. The van der Waals surface area contributed by atoms with Gasteiger partial charge in [-0.25, -0.2) is 4.79 Å². The van der Waals surface area contributed by atoms with Crippen molar-refractivity contribution >= 4 is 6.09 Å². The number of alkyl halides is 3. The lowest BCUT2D eigenvalue weighted by atomic mass is 10.0. The summed E-state index contributed by atoms with van der Waals surface area (Å²) in [5.74, 6) is 0.101. The Morgan fingerprint density at radius 1 is 1.29 bits per heavy atom. The molecule has 1 aromatic rings. The topological polar surface area (TPSA) is 53.4 Å². The zero-order valence-corrected chi connectivity index (χ0v) is 14.7. The summed E-state index contributed by atoms with van der Waals surface area (Å²) in [5, 5.41) is 3.84. The third-order valence-corrected chi connectivity index (χ3v) is 3.43. The molecule has 5 nitrogen and oxygen atoms in total. The molecule has 8 heteroatoms. The van der Waals surface area contributed by atoms with Crippen molar-refractivity contribution in [2.45, 2.75) is 65.7 Å². The molecule has 0 radical (unpaired) electrons. The van der Waals surface area contributed by atoms with Gasteiger partial charge in [0, 0.05) is 12.3 Å². The van der Waals surface area contributed by atoms with Crippen molar-refractivity contribution in [2.24, 2.45) is 5.41 Å². The summed E-state index contributed by atoms with van der Waals surface area (Å²) in [6.45, 7) is 9.07. The molecular weight excluding hydrogens is 325 g/mol. The van der Waals surface area contributed by atoms with Gasteiger partial charge in [0.25, 0.3) is 0 Å². The number of halogens is 3. The van der Waals surface area contributed by atoms with E-state index in [1.807, 2.05) is 13.8 Å². The Hall–Kier alpha value is -1.73. The van der Waals surface area contributed by atoms with Crippen LogP contribution in [0.5, 0.6) is 5.88 Å². The Morgan fingerprint density at radius 3 is 2.33 bits per heavy atom. The number of nitrogens with zero attached hydrogens (tertiary/aromatic N) is 2. The van der Waals surface area contributed by atoms with Crippen LogP contribution in [0.15, 0.2) is 12.3 Å². The second-order valence-corrected chi connectivity index (χ2v) is 6.46. The van der Waals surface area contributed by atoms with Gasteiger partial charge in [-0.05, 0) is 40.0 Å². The first kappa shape index (κ1) is 20.3.